The highest BCUT2D eigenvalue weighted by atomic mass is 16.5. The van der Waals surface area contributed by atoms with Crippen LogP contribution in [0.4, 0.5) is 0 Å². The molecule has 0 aromatic carbocycles. The predicted octanol–water partition coefficient (Wildman–Crippen LogP) is 6.30. The van der Waals surface area contributed by atoms with Crippen molar-refractivity contribution in [2.45, 2.75) is 91.6 Å². The summed E-state index contributed by atoms with van der Waals surface area (Å²) < 4.78 is 10.1. The third-order valence-corrected chi connectivity index (χ3v) is 5.87. The first-order valence-electron chi connectivity index (χ1n) is 11.8. The summed E-state index contributed by atoms with van der Waals surface area (Å²) in [6.07, 6.45) is 14.4. The number of hydrogen-bond acceptors (Lipinski definition) is 5. The van der Waals surface area contributed by atoms with Gasteiger partial charge in [-0.05, 0) is 92.1 Å². The van der Waals surface area contributed by atoms with Crippen molar-refractivity contribution in [2.24, 2.45) is 0 Å². The average molecular weight is 459 g/mol. The number of Topliss-reactive ketones (excluding diaryl/α,β-unsaturated/α-hetero) is 1. The molecule has 1 rings (SSSR count). The van der Waals surface area contributed by atoms with Crippen molar-refractivity contribution in [2.75, 3.05) is 14.2 Å². The highest BCUT2D eigenvalue weighted by Gasteiger charge is 2.31. The van der Waals surface area contributed by atoms with Crippen molar-refractivity contribution < 1.29 is 24.2 Å². The van der Waals surface area contributed by atoms with Crippen LogP contribution in [0.25, 0.3) is 0 Å². The molecule has 0 saturated heterocycles. The van der Waals surface area contributed by atoms with E-state index in [4.69, 9.17) is 9.47 Å². The molecule has 33 heavy (non-hydrogen) atoms. The molecule has 0 fully saturated rings. The van der Waals surface area contributed by atoms with E-state index in [-0.39, 0.29) is 23.1 Å². The van der Waals surface area contributed by atoms with Gasteiger partial charge in [0.2, 0.25) is 23.1 Å². The lowest BCUT2D eigenvalue weighted by Crippen LogP contribution is -2.26. The Morgan fingerprint density at radius 2 is 1.42 bits per heavy atom. The molecule has 0 saturated carbocycles. The minimum absolute atomic E-state index is 0.0700. The maximum absolute atomic E-state index is 12.5. The standard InChI is InChI=1S/C28H42O5/c1-20(2)11-8-12-21(3)13-9-14-22(4)15-10-17-28(5,31)18-16-23-19-24(29)26(32-6)27(33-7)25(23)30/h11,13,15,19,31H,8-10,12,14,16-18H2,1-7H3/b21-13+,22-15+. The smallest absolute Gasteiger partial charge is 0.227 e. The average Bonchev–Trinajstić information content (AvgIpc) is 2.73. The number of ketones is 2. The fourth-order valence-electron chi connectivity index (χ4n) is 3.71. The van der Waals surface area contributed by atoms with E-state index in [9.17, 15) is 14.7 Å². The van der Waals surface area contributed by atoms with E-state index in [2.05, 4.69) is 45.9 Å². The molecule has 1 aliphatic rings. The quantitative estimate of drug-likeness (QED) is 0.244. The second-order valence-corrected chi connectivity index (χ2v) is 9.42. The van der Waals surface area contributed by atoms with E-state index in [1.807, 2.05) is 0 Å². The van der Waals surface area contributed by atoms with E-state index in [0.717, 1.165) is 32.1 Å². The van der Waals surface area contributed by atoms with E-state index in [0.29, 0.717) is 24.8 Å². The van der Waals surface area contributed by atoms with E-state index in [1.54, 1.807) is 6.92 Å². The Morgan fingerprint density at radius 3 is 1.97 bits per heavy atom. The van der Waals surface area contributed by atoms with Crippen LogP contribution in [0.5, 0.6) is 0 Å². The first-order valence-corrected chi connectivity index (χ1v) is 11.8. The zero-order valence-electron chi connectivity index (χ0n) is 21.5. The third-order valence-electron chi connectivity index (χ3n) is 5.87. The summed E-state index contributed by atoms with van der Waals surface area (Å²) in [6.45, 7) is 10.4. The lowest BCUT2D eigenvalue weighted by Gasteiger charge is -2.24. The summed E-state index contributed by atoms with van der Waals surface area (Å²) in [4.78, 5) is 24.7. The molecule has 1 N–H and O–H groups in total. The largest absolute Gasteiger partial charge is 0.490 e. The van der Waals surface area contributed by atoms with Gasteiger partial charge in [0.15, 0.2) is 0 Å². The van der Waals surface area contributed by atoms with Crippen molar-refractivity contribution in [3.63, 3.8) is 0 Å². The van der Waals surface area contributed by atoms with Gasteiger partial charge in [-0.2, -0.15) is 0 Å². The van der Waals surface area contributed by atoms with Gasteiger partial charge in [-0.3, -0.25) is 9.59 Å². The Balaban J connectivity index is 2.48. The zero-order chi connectivity index (χ0) is 25.0. The molecule has 0 bridgehead atoms. The Labute approximate surface area is 199 Å². The SMILES string of the molecule is COC1=C(OC)C(=O)C(CCC(C)(O)CC/C=C(\C)CC/C=C(\C)CCC=C(C)C)=CC1=O. The van der Waals surface area contributed by atoms with Crippen molar-refractivity contribution in [3.8, 4) is 0 Å². The molecule has 1 unspecified atom stereocenters. The molecule has 0 aliphatic heterocycles. The molecule has 1 atom stereocenters. The molecule has 0 amide bonds. The fraction of sp³-hybridized carbons (Fsp3) is 0.571. The van der Waals surface area contributed by atoms with Gasteiger partial charge in [-0.25, -0.2) is 0 Å². The second kappa shape index (κ2) is 14.0. The summed E-state index contributed by atoms with van der Waals surface area (Å²) in [7, 11) is 2.68. The molecule has 5 heteroatoms. The Kier molecular flexibility index (Phi) is 12.1. The first-order chi connectivity index (χ1) is 15.5. The molecule has 0 spiro atoms. The van der Waals surface area contributed by atoms with Crippen LogP contribution in [0, 0.1) is 0 Å². The predicted molar refractivity (Wildman–Crippen MR) is 134 cm³/mol. The molecule has 184 valence electrons. The summed E-state index contributed by atoms with van der Waals surface area (Å²) in [5, 5.41) is 10.8. The molecular formula is C28H42O5. The molecular weight excluding hydrogens is 416 g/mol. The van der Waals surface area contributed by atoms with Crippen LogP contribution >= 0.6 is 0 Å². The highest BCUT2D eigenvalue weighted by Crippen LogP contribution is 2.27. The number of carbonyl (C=O) groups is 2. The number of carbonyl (C=O) groups excluding carboxylic acids is 2. The number of allylic oxidation sites excluding steroid dienone is 8. The first kappa shape index (κ1) is 28.6. The van der Waals surface area contributed by atoms with Crippen molar-refractivity contribution >= 4 is 11.6 Å². The third kappa shape index (κ3) is 10.4. The van der Waals surface area contributed by atoms with Crippen molar-refractivity contribution in [1.29, 1.82) is 0 Å². The van der Waals surface area contributed by atoms with Crippen LogP contribution in [0.3, 0.4) is 0 Å². The van der Waals surface area contributed by atoms with Gasteiger partial charge in [0.05, 0.1) is 19.8 Å². The summed E-state index contributed by atoms with van der Waals surface area (Å²) >= 11 is 0. The summed E-state index contributed by atoms with van der Waals surface area (Å²) in [5.74, 6) is -0.885. The molecule has 0 aromatic rings. The molecule has 5 nitrogen and oxygen atoms in total. The number of hydrogen-bond donors (Lipinski definition) is 1. The lowest BCUT2D eigenvalue weighted by atomic mass is 9.88. The van der Waals surface area contributed by atoms with Gasteiger partial charge in [0.25, 0.3) is 0 Å². The molecule has 0 heterocycles. The lowest BCUT2D eigenvalue weighted by molar-refractivity contribution is -0.120. The van der Waals surface area contributed by atoms with Gasteiger partial charge in [0.1, 0.15) is 0 Å². The van der Waals surface area contributed by atoms with Crippen molar-refractivity contribution in [3.05, 3.63) is 58.1 Å². The minimum Gasteiger partial charge on any atom is -0.490 e. The van der Waals surface area contributed by atoms with E-state index < -0.39 is 5.60 Å². The van der Waals surface area contributed by atoms with Gasteiger partial charge < -0.3 is 14.6 Å². The van der Waals surface area contributed by atoms with Gasteiger partial charge >= 0.3 is 0 Å². The van der Waals surface area contributed by atoms with Gasteiger partial charge in [-0.1, -0.05) is 34.9 Å². The Bertz CT molecular complexity index is 846. The van der Waals surface area contributed by atoms with Crippen molar-refractivity contribution in [1.82, 2.24) is 0 Å². The molecule has 0 radical (unpaired) electrons. The normalized spacial score (nSPS) is 17.0. The molecule has 1 aliphatic carbocycles. The van der Waals surface area contributed by atoms with Crippen LogP contribution < -0.4 is 0 Å². The zero-order valence-corrected chi connectivity index (χ0v) is 21.5. The number of aliphatic hydroxyl groups is 1. The van der Waals surface area contributed by atoms with Crippen LogP contribution in [0.1, 0.15) is 86.0 Å². The van der Waals surface area contributed by atoms with Crippen LogP contribution in [-0.2, 0) is 19.1 Å². The Morgan fingerprint density at radius 1 is 0.879 bits per heavy atom. The van der Waals surface area contributed by atoms with E-state index >= 15 is 0 Å². The maximum atomic E-state index is 12.5. The van der Waals surface area contributed by atoms with Crippen LogP contribution in [0.15, 0.2) is 58.1 Å². The van der Waals surface area contributed by atoms with Crippen LogP contribution in [0.2, 0.25) is 0 Å². The minimum atomic E-state index is -0.930. The maximum Gasteiger partial charge on any atom is 0.227 e. The fourth-order valence-corrected chi connectivity index (χ4v) is 3.71. The monoisotopic (exact) mass is 458 g/mol. The topological polar surface area (TPSA) is 72.8 Å². The molecule has 0 aromatic heterocycles. The second-order valence-electron chi connectivity index (χ2n) is 9.42. The highest BCUT2D eigenvalue weighted by molar-refractivity contribution is 6.21. The summed E-state index contributed by atoms with van der Waals surface area (Å²) in [6, 6.07) is 0. The van der Waals surface area contributed by atoms with E-state index in [1.165, 1.54) is 37.0 Å². The summed E-state index contributed by atoms with van der Waals surface area (Å²) in [5.41, 5.74) is 3.52. The Hall–Kier alpha value is -2.40. The number of rotatable bonds is 14. The number of methoxy groups -OCH3 is 2. The van der Waals surface area contributed by atoms with Crippen LogP contribution in [-0.4, -0.2) is 36.5 Å². The van der Waals surface area contributed by atoms with Gasteiger partial charge in [0, 0.05) is 5.57 Å². The van der Waals surface area contributed by atoms with Gasteiger partial charge in [-0.15, -0.1) is 0 Å². The number of ether oxygens (including phenoxy) is 2.